The van der Waals surface area contributed by atoms with Gasteiger partial charge in [-0.3, -0.25) is 0 Å². The largest absolute Gasteiger partial charge is 0.463 e. The average Bonchev–Trinajstić information content (AvgIpc) is 2.57. The molecule has 0 aromatic rings. The van der Waals surface area contributed by atoms with Gasteiger partial charge in [0.1, 0.15) is 6.61 Å². The summed E-state index contributed by atoms with van der Waals surface area (Å²) in [6.45, 7) is 4.37. The van der Waals surface area contributed by atoms with Crippen LogP contribution in [0.2, 0.25) is 0 Å². The van der Waals surface area contributed by atoms with E-state index < -0.39 is 11.9 Å². The van der Waals surface area contributed by atoms with Crippen LogP contribution in [-0.2, 0) is 19.1 Å². The van der Waals surface area contributed by atoms with Crippen molar-refractivity contribution < 1.29 is 23.9 Å². The quantitative estimate of drug-likeness (QED) is 0.520. The number of carbonyl (C=O) groups is 3. The maximum atomic E-state index is 11.8. The highest BCUT2D eigenvalue weighted by Gasteiger charge is 2.15. The zero-order chi connectivity index (χ0) is 17.8. The topological polar surface area (TPSA) is 93.7 Å². The molecule has 7 heteroatoms. The molecule has 2 amide bonds. The molecule has 1 rings (SSSR count). The summed E-state index contributed by atoms with van der Waals surface area (Å²) >= 11 is 0. The van der Waals surface area contributed by atoms with E-state index in [0.29, 0.717) is 12.5 Å². The average molecular weight is 340 g/mol. The number of nitrogens with one attached hydrogen (secondary N) is 2. The summed E-state index contributed by atoms with van der Waals surface area (Å²) in [5.41, 5.74) is 0. The summed E-state index contributed by atoms with van der Waals surface area (Å²) in [5, 5.41) is 5.58. The third-order valence-electron chi connectivity index (χ3n) is 3.77. The van der Waals surface area contributed by atoms with Crippen LogP contribution in [0.3, 0.4) is 0 Å². The Labute approximate surface area is 143 Å². The van der Waals surface area contributed by atoms with E-state index in [0.717, 1.165) is 12.2 Å². The normalized spacial score (nSPS) is 16.4. The van der Waals surface area contributed by atoms with E-state index in [1.165, 1.54) is 32.1 Å². The van der Waals surface area contributed by atoms with Crippen molar-refractivity contribution in [1.29, 1.82) is 0 Å². The first-order valence-corrected chi connectivity index (χ1v) is 8.57. The molecular weight excluding hydrogens is 312 g/mol. The molecule has 1 aliphatic rings. The third kappa shape index (κ3) is 9.17. The number of rotatable bonds is 8. The summed E-state index contributed by atoms with van der Waals surface area (Å²) in [7, 11) is 0. The van der Waals surface area contributed by atoms with Crippen molar-refractivity contribution in [2.24, 2.45) is 5.92 Å². The zero-order valence-electron chi connectivity index (χ0n) is 14.5. The molecule has 0 bridgehead atoms. The van der Waals surface area contributed by atoms with Crippen molar-refractivity contribution in [1.82, 2.24) is 10.6 Å². The molecule has 24 heavy (non-hydrogen) atoms. The van der Waals surface area contributed by atoms with Gasteiger partial charge in [0.05, 0.1) is 12.6 Å². The Morgan fingerprint density at radius 2 is 1.71 bits per heavy atom. The third-order valence-corrected chi connectivity index (χ3v) is 3.77. The molecular formula is C17H28N2O5. The number of hydrogen-bond donors (Lipinski definition) is 2. The Morgan fingerprint density at radius 1 is 1.08 bits per heavy atom. The number of esters is 2. The van der Waals surface area contributed by atoms with Crippen molar-refractivity contribution in [2.75, 3.05) is 19.8 Å². The van der Waals surface area contributed by atoms with E-state index in [1.54, 1.807) is 13.8 Å². The van der Waals surface area contributed by atoms with Gasteiger partial charge in [-0.15, -0.1) is 0 Å². The van der Waals surface area contributed by atoms with Crippen LogP contribution in [0, 0.1) is 5.92 Å². The summed E-state index contributed by atoms with van der Waals surface area (Å²) in [6.07, 6.45) is 8.12. The molecule has 0 radical (unpaired) electrons. The van der Waals surface area contributed by atoms with E-state index >= 15 is 0 Å². The molecule has 0 aromatic carbocycles. The van der Waals surface area contributed by atoms with E-state index in [9.17, 15) is 14.4 Å². The highest BCUT2D eigenvalue weighted by Crippen LogP contribution is 2.22. The molecule has 0 unspecified atom stereocenters. The van der Waals surface area contributed by atoms with Gasteiger partial charge in [0, 0.05) is 18.7 Å². The van der Waals surface area contributed by atoms with Crippen LogP contribution in [-0.4, -0.2) is 43.8 Å². The lowest BCUT2D eigenvalue weighted by atomic mass is 9.89. The van der Waals surface area contributed by atoms with Crippen LogP contribution in [0.15, 0.2) is 12.2 Å². The molecule has 1 fully saturated rings. The monoisotopic (exact) mass is 340 g/mol. The Bertz CT molecular complexity index is 444. The molecule has 0 aromatic heterocycles. The lowest BCUT2D eigenvalue weighted by Gasteiger charge is -2.22. The van der Waals surface area contributed by atoms with Crippen molar-refractivity contribution in [3.8, 4) is 0 Å². The van der Waals surface area contributed by atoms with Crippen molar-refractivity contribution >= 4 is 18.0 Å². The second-order valence-electron chi connectivity index (χ2n) is 5.97. The van der Waals surface area contributed by atoms with Crippen LogP contribution in [0.1, 0.15) is 46.0 Å². The highest BCUT2D eigenvalue weighted by molar-refractivity contribution is 5.91. The summed E-state index contributed by atoms with van der Waals surface area (Å²) in [6, 6.07) is -0.581. The molecule has 7 nitrogen and oxygen atoms in total. The molecule has 1 saturated carbocycles. The van der Waals surface area contributed by atoms with Gasteiger partial charge < -0.3 is 20.1 Å². The summed E-state index contributed by atoms with van der Waals surface area (Å²) in [4.78, 5) is 34.3. The number of amides is 2. The molecule has 0 spiro atoms. The van der Waals surface area contributed by atoms with Gasteiger partial charge in [0.15, 0.2) is 0 Å². The SMILES string of the molecule is CCOC(=O)/C=C/C(=O)OC[C@@H](C)NC(=O)NCC1CCCCC1. The van der Waals surface area contributed by atoms with Crippen LogP contribution >= 0.6 is 0 Å². The van der Waals surface area contributed by atoms with Gasteiger partial charge >= 0.3 is 18.0 Å². The van der Waals surface area contributed by atoms with E-state index in [2.05, 4.69) is 15.4 Å². The van der Waals surface area contributed by atoms with Crippen molar-refractivity contribution in [3.63, 3.8) is 0 Å². The fourth-order valence-corrected chi connectivity index (χ4v) is 2.53. The number of ether oxygens (including phenoxy) is 2. The lowest BCUT2D eigenvalue weighted by Crippen LogP contribution is -2.44. The minimum Gasteiger partial charge on any atom is -0.463 e. The second-order valence-corrected chi connectivity index (χ2v) is 5.97. The first-order valence-electron chi connectivity index (χ1n) is 8.57. The second kappa shape index (κ2) is 11.5. The Morgan fingerprint density at radius 3 is 2.33 bits per heavy atom. The first-order chi connectivity index (χ1) is 11.5. The fraction of sp³-hybridized carbons (Fsp3) is 0.706. The van der Waals surface area contributed by atoms with Gasteiger partial charge in [-0.1, -0.05) is 19.3 Å². The fourth-order valence-electron chi connectivity index (χ4n) is 2.53. The molecule has 2 N–H and O–H groups in total. The Balaban J connectivity index is 2.15. The molecule has 1 aliphatic carbocycles. The molecule has 0 heterocycles. The molecule has 136 valence electrons. The number of urea groups is 1. The molecule has 0 aliphatic heterocycles. The molecule has 0 saturated heterocycles. The van der Waals surface area contributed by atoms with Gasteiger partial charge in [0.2, 0.25) is 0 Å². The summed E-state index contributed by atoms with van der Waals surface area (Å²) in [5.74, 6) is -0.687. The minimum atomic E-state index is -0.653. The minimum absolute atomic E-state index is 0.0306. The predicted molar refractivity (Wildman–Crippen MR) is 89.3 cm³/mol. The van der Waals surface area contributed by atoms with Gasteiger partial charge in [0.25, 0.3) is 0 Å². The standard InChI is InChI=1S/C17H28N2O5/c1-3-23-15(20)9-10-16(21)24-12-13(2)19-17(22)18-11-14-7-5-4-6-8-14/h9-10,13-14H,3-8,11-12H2,1-2H3,(H2,18,19,22)/b10-9+/t13-/m1/s1. The number of hydrogen-bond acceptors (Lipinski definition) is 5. The maximum Gasteiger partial charge on any atom is 0.331 e. The Hall–Kier alpha value is -2.05. The van der Waals surface area contributed by atoms with Crippen LogP contribution in [0.25, 0.3) is 0 Å². The van der Waals surface area contributed by atoms with E-state index in [4.69, 9.17) is 4.74 Å². The predicted octanol–water partition coefficient (Wildman–Crippen LogP) is 1.92. The van der Waals surface area contributed by atoms with Crippen molar-refractivity contribution in [2.45, 2.75) is 52.0 Å². The highest BCUT2D eigenvalue weighted by atomic mass is 16.5. The maximum absolute atomic E-state index is 11.8. The van der Waals surface area contributed by atoms with Gasteiger partial charge in [-0.2, -0.15) is 0 Å². The number of carbonyl (C=O) groups excluding carboxylic acids is 3. The van der Waals surface area contributed by atoms with Crippen molar-refractivity contribution in [3.05, 3.63) is 12.2 Å². The van der Waals surface area contributed by atoms with E-state index in [-0.39, 0.29) is 25.3 Å². The summed E-state index contributed by atoms with van der Waals surface area (Å²) < 4.78 is 9.60. The molecule has 1 atom stereocenters. The smallest absolute Gasteiger partial charge is 0.331 e. The van der Waals surface area contributed by atoms with Crippen LogP contribution < -0.4 is 10.6 Å². The van der Waals surface area contributed by atoms with Gasteiger partial charge in [-0.05, 0) is 32.6 Å². The van der Waals surface area contributed by atoms with Gasteiger partial charge in [-0.25, -0.2) is 14.4 Å². The lowest BCUT2D eigenvalue weighted by molar-refractivity contribution is -0.140. The Kier molecular flexibility index (Phi) is 9.56. The van der Waals surface area contributed by atoms with Crippen LogP contribution in [0.4, 0.5) is 4.79 Å². The van der Waals surface area contributed by atoms with E-state index in [1.807, 2.05) is 0 Å². The first kappa shape index (κ1) is 20.0. The van der Waals surface area contributed by atoms with Crippen LogP contribution in [0.5, 0.6) is 0 Å². The zero-order valence-corrected chi connectivity index (χ0v) is 14.5.